The number of hydrogen-bond donors (Lipinski definition) is 0. The number of halogens is 4. The lowest BCUT2D eigenvalue weighted by Gasteiger charge is -2.15. The molecular weight excluding hydrogens is 407 g/mol. The van der Waals surface area contributed by atoms with Gasteiger partial charge in [-0.15, -0.1) is 0 Å². The number of aromatic nitrogens is 3. The zero-order chi connectivity index (χ0) is 20.5. The minimum Gasteiger partial charge on any atom is -0.361 e. The maximum Gasteiger partial charge on any atom is 0.416 e. The molecule has 150 valence electrons. The van der Waals surface area contributed by atoms with Crippen LogP contribution in [0.5, 0.6) is 0 Å². The van der Waals surface area contributed by atoms with Crippen LogP contribution in [0.4, 0.5) is 13.2 Å². The second kappa shape index (κ2) is 7.85. The predicted octanol–water partition coefficient (Wildman–Crippen LogP) is 6.08. The molecule has 1 aromatic carbocycles. The Morgan fingerprint density at radius 2 is 1.93 bits per heavy atom. The van der Waals surface area contributed by atoms with Crippen LogP contribution in [0.25, 0.3) is 22.2 Å². The average Bonchev–Trinajstić information content (AvgIpc) is 2.97. The van der Waals surface area contributed by atoms with Crippen molar-refractivity contribution in [1.82, 2.24) is 14.5 Å². The van der Waals surface area contributed by atoms with Crippen LogP contribution in [0.2, 0.25) is 30.8 Å². The van der Waals surface area contributed by atoms with Gasteiger partial charge >= 0.3 is 6.18 Å². The van der Waals surface area contributed by atoms with E-state index in [1.54, 1.807) is 16.8 Å². The molecule has 3 aromatic rings. The smallest absolute Gasteiger partial charge is 0.361 e. The molecule has 0 amide bonds. The quantitative estimate of drug-likeness (QED) is 0.272. The van der Waals surface area contributed by atoms with Crippen molar-refractivity contribution in [3.63, 3.8) is 0 Å². The fourth-order valence-electron chi connectivity index (χ4n) is 2.81. The lowest BCUT2D eigenvalue weighted by atomic mass is 10.0. The maximum absolute atomic E-state index is 13.1. The van der Waals surface area contributed by atoms with Gasteiger partial charge < -0.3 is 9.30 Å². The Bertz CT molecular complexity index is 983. The second-order valence-electron chi connectivity index (χ2n) is 7.80. The van der Waals surface area contributed by atoms with Gasteiger partial charge in [0.2, 0.25) is 0 Å². The number of benzene rings is 1. The van der Waals surface area contributed by atoms with E-state index in [-0.39, 0.29) is 11.9 Å². The van der Waals surface area contributed by atoms with Crippen LogP contribution >= 0.6 is 11.6 Å². The Labute approximate surface area is 167 Å². The van der Waals surface area contributed by atoms with Gasteiger partial charge in [-0.2, -0.15) is 13.2 Å². The van der Waals surface area contributed by atoms with Crippen molar-refractivity contribution in [3.05, 3.63) is 47.5 Å². The van der Waals surface area contributed by atoms with E-state index in [1.165, 1.54) is 12.4 Å². The van der Waals surface area contributed by atoms with Crippen LogP contribution in [0, 0.1) is 0 Å². The van der Waals surface area contributed by atoms with E-state index < -0.39 is 19.8 Å². The van der Waals surface area contributed by atoms with E-state index in [2.05, 4.69) is 29.6 Å². The minimum atomic E-state index is -4.42. The highest BCUT2D eigenvalue weighted by Crippen LogP contribution is 2.37. The molecule has 0 spiro atoms. The molecule has 0 N–H and O–H groups in total. The molecule has 4 nitrogen and oxygen atoms in total. The van der Waals surface area contributed by atoms with Crippen LogP contribution < -0.4 is 0 Å². The van der Waals surface area contributed by atoms with Crippen molar-refractivity contribution in [2.45, 2.75) is 38.6 Å². The first-order valence-electron chi connectivity index (χ1n) is 8.81. The van der Waals surface area contributed by atoms with Crippen molar-refractivity contribution in [2.75, 3.05) is 6.61 Å². The number of hydrogen-bond acceptors (Lipinski definition) is 3. The zero-order valence-electron chi connectivity index (χ0n) is 15.8. The van der Waals surface area contributed by atoms with E-state index in [9.17, 15) is 13.2 Å². The standard InChI is InChI=1S/C19H21ClF3N3OSi/c1-28(2,3)8-7-27-12-26-10-15(16-17(20)24-11-25-18(16)26)13-5-4-6-14(9-13)19(21,22)23/h4-6,9-11H,7-8,12H2,1-3H3. The van der Waals surface area contributed by atoms with Crippen molar-refractivity contribution in [2.24, 2.45) is 0 Å². The van der Waals surface area contributed by atoms with E-state index in [4.69, 9.17) is 16.3 Å². The molecule has 0 saturated carbocycles. The van der Waals surface area contributed by atoms with Gasteiger partial charge in [-0.05, 0) is 23.7 Å². The van der Waals surface area contributed by atoms with E-state index >= 15 is 0 Å². The summed E-state index contributed by atoms with van der Waals surface area (Å²) in [4.78, 5) is 8.25. The van der Waals surface area contributed by atoms with E-state index in [0.29, 0.717) is 28.8 Å². The highest BCUT2D eigenvalue weighted by Gasteiger charge is 2.30. The number of nitrogens with zero attached hydrogens (tertiary/aromatic N) is 3. The van der Waals surface area contributed by atoms with Gasteiger partial charge in [0.25, 0.3) is 0 Å². The van der Waals surface area contributed by atoms with Gasteiger partial charge in [0.1, 0.15) is 23.9 Å². The summed E-state index contributed by atoms with van der Waals surface area (Å²) in [6.07, 6.45) is -1.37. The van der Waals surface area contributed by atoms with Crippen molar-refractivity contribution in [3.8, 4) is 11.1 Å². The Balaban J connectivity index is 1.98. The molecule has 2 aromatic heterocycles. The summed E-state index contributed by atoms with van der Waals surface area (Å²) in [5.74, 6) is 0. The molecule has 0 atom stereocenters. The number of ether oxygens (including phenoxy) is 1. The maximum atomic E-state index is 13.1. The van der Waals surface area contributed by atoms with Crippen molar-refractivity contribution in [1.29, 1.82) is 0 Å². The molecule has 0 fully saturated rings. The van der Waals surface area contributed by atoms with Crippen molar-refractivity contribution >= 4 is 30.7 Å². The Kier molecular flexibility index (Phi) is 5.83. The van der Waals surface area contributed by atoms with Crippen LogP contribution in [-0.4, -0.2) is 29.2 Å². The first-order valence-corrected chi connectivity index (χ1v) is 12.9. The van der Waals surface area contributed by atoms with Crippen LogP contribution in [0.3, 0.4) is 0 Å². The topological polar surface area (TPSA) is 39.9 Å². The molecule has 2 heterocycles. The van der Waals surface area contributed by atoms with Gasteiger partial charge in [-0.25, -0.2) is 9.97 Å². The van der Waals surface area contributed by atoms with Gasteiger partial charge in [0.15, 0.2) is 0 Å². The third kappa shape index (κ3) is 4.74. The summed E-state index contributed by atoms with van der Waals surface area (Å²) >= 11 is 6.25. The molecule has 0 radical (unpaired) electrons. The summed E-state index contributed by atoms with van der Waals surface area (Å²) in [5.41, 5.74) is 0.753. The summed E-state index contributed by atoms with van der Waals surface area (Å²) in [5, 5.41) is 0.704. The first-order chi connectivity index (χ1) is 13.1. The van der Waals surface area contributed by atoms with Crippen LogP contribution in [0.1, 0.15) is 5.56 Å². The molecule has 0 aliphatic rings. The average molecular weight is 428 g/mol. The van der Waals surface area contributed by atoms with Crippen LogP contribution in [0.15, 0.2) is 36.8 Å². The third-order valence-corrected chi connectivity index (χ3v) is 6.33. The SMILES string of the molecule is C[Si](C)(C)CCOCn1cc(-c2cccc(C(F)(F)F)c2)c2c(Cl)ncnc21. The largest absolute Gasteiger partial charge is 0.416 e. The minimum absolute atomic E-state index is 0.193. The lowest BCUT2D eigenvalue weighted by molar-refractivity contribution is -0.137. The molecule has 0 bridgehead atoms. The Hall–Kier alpha value is -1.90. The second-order valence-corrected chi connectivity index (χ2v) is 13.8. The predicted molar refractivity (Wildman–Crippen MR) is 107 cm³/mol. The monoisotopic (exact) mass is 427 g/mol. The third-order valence-electron chi connectivity index (χ3n) is 4.34. The summed E-state index contributed by atoms with van der Waals surface area (Å²) in [6, 6.07) is 6.16. The fraction of sp³-hybridized carbons (Fsp3) is 0.368. The first kappa shape index (κ1) is 20.8. The highest BCUT2D eigenvalue weighted by molar-refractivity contribution is 6.76. The molecule has 0 unspecified atom stereocenters. The zero-order valence-corrected chi connectivity index (χ0v) is 17.6. The molecule has 0 aliphatic heterocycles. The highest BCUT2D eigenvalue weighted by atomic mass is 35.5. The van der Waals surface area contributed by atoms with Gasteiger partial charge in [0, 0.05) is 26.4 Å². The summed E-state index contributed by atoms with van der Waals surface area (Å²) in [6.45, 7) is 7.65. The summed E-state index contributed by atoms with van der Waals surface area (Å²) in [7, 11) is -1.22. The Morgan fingerprint density at radius 3 is 2.61 bits per heavy atom. The molecule has 3 rings (SSSR count). The number of fused-ring (bicyclic) bond motifs is 1. The fourth-order valence-corrected chi connectivity index (χ4v) is 3.79. The molecule has 0 aliphatic carbocycles. The van der Waals surface area contributed by atoms with E-state index in [1.807, 2.05) is 0 Å². The Morgan fingerprint density at radius 1 is 1.18 bits per heavy atom. The van der Waals surface area contributed by atoms with Crippen LogP contribution in [-0.2, 0) is 17.6 Å². The number of rotatable bonds is 6. The number of alkyl halides is 3. The van der Waals surface area contributed by atoms with E-state index in [0.717, 1.165) is 18.2 Å². The molecular formula is C19H21ClF3N3OSi. The normalized spacial score (nSPS) is 12.7. The molecule has 28 heavy (non-hydrogen) atoms. The molecule has 9 heteroatoms. The van der Waals surface area contributed by atoms with Gasteiger partial charge in [-0.1, -0.05) is 43.4 Å². The summed E-state index contributed by atoms with van der Waals surface area (Å²) < 4.78 is 46.9. The lowest BCUT2D eigenvalue weighted by Crippen LogP contribution is -2.22. The molecule has 0 saturated heterocycles. The van der Waals surface area contributed by atoms with Gasteiger partial charge in [0.05, 0.1) is 10.9 Å². The van der Waals surface area contributed by atoms with Gasteiger partial charge in [-0.3, -0.25) is 0 Å². The van der Waals surface area contributed by atoms with Crippen molar-refractivity contribution < 1.29 is 17.9 Å².